The highest BCUT2D eigenvalue weighted by Gasteiger charge is 2.25. The summed E-state index contributed by atoms with van der Waals surface area (Å²) in [7, 11) is -1.01. The van der Waals surface area contributed by atoms with Crippen LogP contribution in [0.3, 0.4) is 0 Å². The quantitative estimate of drug-likeness (QED) is 0.531. The number of amides is 1. The maximum absolute atomic E-state index is 12.9. The summed E-state index contributed by atoms with van der Waals surface area (Å²) in [4.78, 5) is 27.0. The van der Waals surface area contributed by atoms with Gasteiger partial charge in [-0.3, -0.25) is 4.79 Å². The van der Waals surface area contributed by atoms with Gasteiger partial charge >= 0.3 is 12.6 Å². The number of sulfonamides is 1. The third-order valence-electron chi connectivity index (χ3n) is 5.11. The lowest BCUT2D eigenvalue weighted by Gasteiger charge is -2.22. The molecule has 1 aliphatic heterocycles. The van der Waals surface area contributed by atoms with Crippen molar-refractivity contribution in [2.75, 3.05) is 44.0 Å². The molecule has 9 nitrogen and oxygen atoms in total. The van der Waals surface area contributed by atoms with Gasteiger partial charge < -0.3 is 19.7 Å². The van der Waals surface area contributed by atoms with Crippen molar-refractivity contribution in [1.82, 2.24) is 4.31 Å². The Kier molecular flexibility index (Phi) is 8.05. The van der Waals surface area contributed by atoms with Gasteiger partial charge in [0.05, 0.1) is 16.1 Å². The number of anilines is 2. The molecule has 0 spiro atoms. The van der Waals surface area contributed by atoms with E-state index in [2.05, 4.69) is 10.1 Å². The standard InChI is InChI=1S/C22H25F2N3O6S/c1-26(2)34(30,31)17-9-10-19(27-11-3-4-12-27)18(13-17)21(29)32-14-20(28)25-15-5-7-16(8-6-15)33-22(23)24/h5-10,13,22H,3-4,11-12,14H2,1-2H3,(H,25,28). The lowest BCUT2D eigenvalue weighted by atomic mass is 10.1. The number of nitrogens with zero attached hydrogens (tertiary/aromatic N) is 2. The van der Waals surface area contributed by atoms with Gasteiger partial charge in [-0.1, -0.05) is 0 Å². The number of carbonyl (C=O) groups is 2. The minimum Gasteiger partial charge on any atom is -0.452 e. The van der Waals surface area contributed by atoms with Crippen LogP contribution in [-0.2, 0) is 19.6 Å². The van der Waals surface area contributed by atoms with E-state index in [0.717, 1.165) is 17.1 Å². The predicted molar refractivity (Wildman–Crippen MR) is 121 cm³/mol. The van der Waals surface area contributed by atoms with E-state index in [0.29, 0.717) is 24.5 Å². The molecule has 0 radical (unpaired) electrons. The van der Waals surface area contributed by atoms with Gasteiger partial charge in [0.15, 0.2) is 6.61 Å². The smallest absolute Gasteiger partial charge is 0.387 e. The molecule has 12 heteroatoms. The first kappa shape index (κ1) is 25.4. The summed E-state index contributed by atoms with van der Waals surface area (Å²) in [5.74, 6) is -1.56. The molecular formula is C22H25F2N3O6S. The second-order valence-corrected chi connectivity index (χ2v) is 9.84. The summed E-state index contributed by atoms with van der Waals surface area (Å²) in [6, 6.07) is 9.50. The fourth-order valence-corrected chi connectivity index (χ4v) is 4.34. The van der Waals surface area contributed by atoms with E-state index in [1.807, 2.05) is 4.90 Å². The average molecular weight is 498 g/mol. The van der Waals surface area contributed by atoms with Crippen molar-refractivity contribution in [3.63, 3.8) is 0 Å². The molecule has 1 fully saturated rings. The first-order valence-electron chi connectivity index (χ1n) is 10.4. The lowest BCUT2D eigenvalue weighted by molar-refractivity contribution is -0.119. The van der Waals surface area contributed by atoms with Crippen molar-refractivity contribution >= 4 is 33.3 Å². The van der Waals surface area contributed by atoms with Crippen molar-refractivity contribution in [1.29, 1.82) is 0 Å². The van der Waals surface area contributed by atoms with Crippen molar-refractivity contribution in [2.45, 2.75) is 24.3 Å². The van der Waals surface area contributed by atoms with Gasteiger partial charge in [-0.2, -0.15) is 8.78 Å². The molecule has 0 saturated carbocycles. The van der Waals surface area contributed by atoms with Crippen molar-refractivity contribution in [3.8, 4) is 5.75 Å². The molecule has 3 rings (SSSR count). The molecule has 1 heterocycles. The number of benzene rings is 2. The molecule has 34 heavy (non-hydrogen) atoms. The fraction of sp³-hybridized carbons (Fsp3) is 0.364. The van der Waals surface area contributed by atoms with Crippen molar-refractivity contribution in [3.05, 3.63) is 48.0 Å². The molecule has 184 valence electrons. The number of alkyl halides is 2. The third-order valence-corrected chi connectivity index (χ3v) is 6.92. The molecule has 0 aromatic heterocycles. The average Bonchev–Trinajstić information content (AvgIpc) is 3.32. The van der Waals surface area contributed by atoms with E-state index >= 15 is 0 Å². The van der Waals surface area contributed by atoms with Gasteiger partial charge in [0, 0.05) is 32.9 Å². The predicted octanol–water partition coefficient (Wildman–Crippen LogP) is 2.93. The SMILES string of the molecule is CN(C)S(=O)(=O)c1ccc(N2CCCC2)c(C(=O)OCC(=O)Nc2ccc(OC(F)F)cc2)c1. The molecule has 0 unspecified atom stereocenters. The van der Waals surface area contributed by atoms with E-state index in [9.17, 15) is 26.8 Å². The molecule has 2 aromatic carbocycles. The van der Waals surface area contributed by atoms with Gasteiger partial charge in [0.1, 0.15) is 5.75 Å². The van der Waals surface area contributed by atoms with E-state index < -0.39 is 35.1 Å². The Bertz CT molecular complexity index is 1130. The topological polar surface area (TPSA) is 105 Å². The van der Waals surface area contributed by atoms with Gasteiger partial charge in [-0.15, -0.1) is 0 Å². The number of esters is 1. The van der Waals surface area contributed by atoms with Crippen LogP contribution in [0.1, 0.15) is 23.2 Å². The van der Waals surface area contributed by atoms with Gasteiger partial charge in [-0.25, -0.2) is 17.5 Å². The molecule has 2 aromatic rings. The number of hydrogen-bond donors (Lipinski definition) is 1. The Morgan fingerprint density at radius 1 is 1.09 bits per heavy atom. The van der Waals surface area contributed by atoms with Crippen LogP contribution in [0.5, 0.6) is 5.75 Å². The Balaban J connectivity index is 1.71. The van der Waals surface area contributed by atoms with Gasteiger partial charge in [0.2, 0.25) is 10.0 Å². The maximum Gasteiger partial charge on any atom is 0.387 e. The van der Waals surface area contributed by atoms with E-state index in [1.165, 1.54) is 50.5 Å². The minimum absolute atomic E-state index is 0.0473. The monoisotopic (exact) mass is 497 g/mol. The molecule has 0 bridgehead atoms. The second-order valence-electron chi connectivity index (χ2n) is 7.69. The van der Waals surface area contributed by atoms with Crippen LogP contribution in [-0.4, -0.2) is 65.0 Å². The number of halogens is 2. The van der Waals surface area contributed by atoms with Crippen LogP contribution in [0, 0.1) is 0 Å². The molecule has 0 atom stereocenters. The van der Waals surface area contributed by atoms with Crippen LogP contribution in [0.4, 0.5) is 20.2 Å². The van der Waals surface area contributed by atoms with Crippen LogP contribution in [0.2, 0.25) is 0 Å². The molecule has 1 N–H and O–H groups in total. The molecule has 0 aliphatic carbocycles. The number of carbonyl (C=O) groups excluding carboxylic acids is 2. The number of hydrogen-bond acceptors (Lipinski definition) is 7. The normalized spacial score (nSPS) is 13.9. The van der Waals surface area contributed by atoms with Crippen LogP contribution in [0.25, 0.3) is 0 Å². The Hall–Kier alpha value is -3.25. The van der Waals surface area contributed by atoms with Crippen LogP contribution < -0.4 is 15.0 Å². The van der Waals surface area contributed by atoms with Gasteiger partial charge in [0.25, 0.3) is 5.91 Å². The highest BCUT2D eigenvalue weighted by molar-refractivity contribution is 7.89. The van der Waals surface area contributed by atoms with Crippen molar-refractivity contribution < 1.29 is 36.3 Å². The van der Waals surface area contributed by atoms with Crippen LogP contribution in [0.15, 0.2) is 47.4 Å². The van der Waals surface area contributed by atoms with Gasteiger partial charge in [-0.05, 0) is 55.3 Å². The lowest BCUT2D eigenvalue weighted by Crippen LogP contribution is -2.26. The van der Waals surface area contributed by atoms with Crippen LogP contribution >= 0.6 is 0 Å². The molecule has 1 saturated heterocycles. The zero-order valence-corrected chi connectivity index (χ0v) is 19.5. The molecule has 1 amide bonds. The Labute approximate surface area is 196 Å². The van der Waals surface area contributed by atoms with E-state index in [4.69, 9.17) is 4.74 Å². The fourth-order valence-electron chi connectivity index (χ4n) is 3.41. The van der Waals surface area contributed by atoms with E-state index in [-0.39, 0.29) is 16.2 Å². The minimum atomic E-state index is -3.79. The zero-order chi connectivity index (χ0) is 24.9. The highest BCUT2D eigenvalue weighted by atomic mass is 32.2. The Morgan fingerprint density at radius 3 is 2.32 bits per heavy atom. The largest absolute Gasteiger partial charge is 0.452 e. The first-order chi connectivity index (χ1) is 16.1. The molecule has 1 aliphatic rings. The zero-order valence-electron chi connectivity index (χ0n) is 18.7. The summed E-state index contributed by atoms with van der Waals surface area (Å²) in [5.41, 5.74) is 0.876. The summed E-state index contributed by atoms with van der Waals surface area (Å²) in [6.07, 6.45) is 1.88. The third kappa shape index (κ3) is 6.20. The summed E-state index contributed by atoms with van der Waals surface area (Å²) >= 11 is 0. The Morgan fingerprint density at radius 2 is 1.74 bits per heavy atom. The summed E-state index contributed by atoms with van der Waals surface area (Å²) in [6.45, 7) is -2.16. The number of nitrogens with one attached hydrogen (secondary N) is 1. The number of ether oxygens (including phenoxy) is 2. The van der Waals surface area contributed by atoms with Crippen molar-refractivity contribution in [2.24, 2.45) is 0 Å². The number of rotatable bonds is 9. The summed E-state index contributed by atoms with van der Waals surface area (Å²) < 4.78 is 60.0. The second kappa shape index (κ2) is 10.8. The molecular weight excluding hydrogens is 472 g/mol. The highest BCUT2D eigenvalue weighted by Crippen LogP contribution is 2.29. The first-order valence-corrected chi connectivity index (χ1v) is 11.9. The summed E-state index contributed by atoms with van der Waals surface area (Å²) in [5, 5.41) is 2.48. The van der Waals surface area contributed by atoms with E-state index in [1.54, 1.807) is 6.07 Å². The maximum atomic E-state index is 12.9.